The zero-order chi connectivity index (χ0) is 21.8. The molecular formula is C25H24BrNO4. The van der Waals surface area contributed by atoms with Gasteiger partial charge in [-0.15, -0.1) is 0 Å². The van der Waals surface area contributed by atoms with Crippen LogP contribution in [0.15, 0.2) is 71.2 Å². The van der Waals surface area contributed by atoms with Crippen LogP contribution in [-0.2, 0) is 28.9 Å². The first-order valence-electron chi connectivity index (χ1n) is 10.1. The molecule has 0 saturated heterocycles. The van der Waals surface area contributed by atoms with Gasteiger partial charge in [0.05, 0.1) is 25.7 Å². The fraction of sp³-hybridized carbons (Fsp3) is 0.240. The number of esters is 1. The summed E-state index contributed by atoms with van der Waals surface area (Å²) in [4.78, 5) is 11.6. The normalized spacial score (nSPS) is 17.3. The number of aliphatic hydroxyl groups is 1. The van der Waals surface area contributed by atoms with Gasteiger partial charge in [0, 0.05) is 23.0 Å². The molecule has 2 atom stereocenters. The molecule has 1 aliphatic rings. The number of rotatable bonds is 7. The molecule has 6 heteroatoms. The lowest BCUT2D eigenvalue weighted by molar-refractivity contribution is -0.139. The van der Waals surface area contributed by atoms with Crippen molar-refractivity contribution < 1.29 is 19.4 Å². The summed E-state index contributed by atoms with van der Waals surface area (Å²) in [7, 11) is 1.38. The van der Waals surface area contributed by atoms with E-state index in [4.69, 9.17) is 9.47 Å². The van der Waals surface area contributed by atoms with Crippen molar-refractivity contribution in [1.29, 1.82) is 0 Å². The fourth-order valence-corrected chi connectivity index (χ4v) is 4.32. The molecule has 0 aromatic heterocycles. The van der Waals surface area contributed by atoms with E-state index in [0.29, 0.717) is 24.5 Å². The third-order valence-electron chi connectivity index (χ3n) is 5.44. The molecule has 0 saturated carbocycles. The number of aliphatic hydroxyl groups excluding tert-OH is 1. The number of carbonyl (C=O) groups is 1. The fourth-order valence-electron chi connectivity index (χ4n) is 3.91. The van der Waals surface area contributed by atoms with Crippen molar-refractivity contribution >= 4 is 21.9 Å². The van der Waals surface area contributed by atoms with Crippen molar-refractivity contribution in [3.8, 4) is 11.5 Å². The van der Waals surface area contributed by atoms with Crippen molar-refractivity contribution in [3.63, 3.8) is 0 Å². The van der Waals surface area contributed by atoms with Crippen LogP contribution in [0.25, 0.3) is 0 Å². The van der Waals surface area contributed by atoms with E-state index in [1.54, 1.807) is 0 Å². The summed E-state index contributed by atoms with van der Waals surface area (Å²) >= 11 is 3.54. The maximum Gasteiger partial charge on any atom is 0.309 e. The first kappa shape index (κ1) is 21.6. The highest BCUT2D eigenvalue weighted by atomic mass is 79.9. The molecule has 0 unspecified atom stereocenters. The van der Waals surface area contributed by atoms with Gasteiger partial charge in [-0.1, -0.05) is 52.3 Å². The number of fused-ring (bicyclic) bond motifs is 1. The number of methoxy groups -OCH3 is 1. The van der Waals surface area contributed by atoms with E-state index in [-0.39, 0.29) is 18.4 Å². The predicted molar refractivity (Wildman–Crippen MR) is 122 cm³/mol. The number of hydrogen-bond donors (Lipinski definition) is 2. The van der Waals surface area contributed by atoms with Gasteiger partial charge in [-0.05, 0) is 47.0 Å². The minimum Gasteiger partial charge on any atom is -0.469 e. The van der Waals surface area contributed by atoms with Gasteiger partial charge < -0.3 is 19.9 Å². The van der Waals surface area contributed by atoms with Crippen molar-refractivity contribution in [2.45, 2.75) is 31.5 Å². The molecule has 3 aromatic rings. The van der Waals surface area contributed by atoms with Crippen molar-refractivity contribution in [3.05, 3.63) is 93.5 Å². The molecule has 0 fully saturated rings. The molecular weight excluding hydrogens is 458 g/mol. The molecule has 5 nitrogen and oxygen atoms in total. The smallest absolute Gasteiger partial charge is 0.309 e. The molecule has 0 heterocycles. The lowest BCUT2D eigenvalue weighted by Crippen LogP contribution is -2.28. The Morgan fingerprint density at radius 2 is 1.97 bits per heavy atom. The molecule has 0 aliphatic heterocycles. The molecule has 4 rings (SSSR count). The van der Waals surface area contributed by atoms with E-state index in [1.165, 1.54) is 12.7 Å². The summed E-state index contributed by atoms with van der Waals surface area (Å²) in [6.07, 6.45) is 0.397. The van der Waals surface area contributed by atoms with Crippen LogP contribution in [0.1, 0.15) is 28.3 Å². The highest BCUT2D eigenvalue weighted by molar-refractivity contribution is 9.10. The Hall–Kier alpha value is -2.67. The second kappa shape index (κ2) is 9.64. The van der Waals surface area contributed by atoms with E-state index in [9.17, 15) is 9.90 Å². The maximum absolute atomic E-state index is 11.6. The van der Waals surface area contributed by atoms with Gasteiger partial charge in [0.15, 0.2) is 0 Å². The number of carbonyl (C=O) groups excluding carboxylic acids is 1. The Kier molecular flexibility index (Phi) is 6.70. The molecule has 160 valence electrons. The zero-order valence-corrected chi connectivity index (χ0v) is 18.8. The Balaban J connectivity index is 1.51. The standard InChI is InChI=1S/C25H24BrNO4/c1-30-24(29)12-16-5-4-7-20(11-16)31-23-10-9-19(26)13-18(23)15-27-25-21-8-3-2-6-17(21)14-22(25)28/h2-11,13,22,25,27-28H,12,14-15H2,1H3/t22-,25+/m1/s1. The van der Waals surface area contributed by atoms with Gasteiger partial charge >= 0.3 is 5.97 Å². The number of hydrogen-bond acceptors (Lipinski definition) is 5. The Morgan fingerprint density at radius 1 is 1.13 bits per heavy atom. The van der Waals surface area contributed by atoms with Crippen molar-refractivity contribution in [2.24, 2.45) is 0 Å². The highest BCUT2D eigenvalue weighted by Crippen LogP contribution is 2.33. The van der Waals surface area contributed by atoms with Crippen molar-refractivity contribution in [1.82, 2.24) is 5.32 Å². The van der Waals surface area contributed by atoms with E-state index >= 15 is 0 Å². The minimum absolute atomic E-state index is 0.119. The van der Waals surface area contributed by atoms with Crippen LogP contribution in [0.2, 0.25) is 0 Å². The van der Waals surface area contributed by atoms with Crippen LogP contribution >= 0.6 is 15.9 Å². The van der Waals surface area contributed by atoms with Crippen LogP contribution in [-0.4, -0.2) is 24.3 Å². The molecule has 31 heavy (non-hydrogen) atoms. The Bertz CT molecular complexity index is 1080. The van der Waals surface area contributed by atoms with Crippen molar-refractivity contribution in [2.75, 3.05) is 7.11 Å². The van der Waals surface area contributed by atoms with Gasteiger partial charge in [-0.2, -0.15) is 0 Å². The zero-order valence-electron chi connectivity index (χ0n) is 17.2. The van der Waals surface area contributed by atoms with E-state index < -0.39 is 6.10 Å². The second-order valence-corrected chi connectivity index (χ2v) is 8.50. The number of halogens is 1. The lowest BCUT2D eigenvalue weighted by atomic mass is 10.1. The Morgan fingerprint density at radius 3 is 2.81 bits per heavy atom. The lowest BCUT2D eigenvalue weighted by Gasteiger charge is -2.19. The number of ether oxygens (including phenoxy) is 2. The summed E-state index contributed by atoms with van der Waals surface area (Å²) in [5.74, 6) is 1.07. The maximum atomic E-state index is 11.6. The predicted octanol–water partition coefficient (Wildman–Crippen LogP) is 4.70. The van der Waals surface area contributed by atoms with Gasteiger partial charge in [0.25, 0.3) is 0 Å². The summed E-state index contributed by atoms with van der Waals surface area (Å²) in [6.45, 7) is 0.534. The summed E-state index contributed by atoms with van der Waals surface area (Å²) < 4.78 is 11.8. The Labute approximate surface area is 190 Å². The van der Waals surface area contributed by atoms with Crippen LogP contribution in [0, 0.1) is 0 Å². The van der Waals surface area contributed by atoms with Gasteiger partial charge in [0.2, 0.25) is 0 Å². The van der Waals surface area contributed by atoms with E-state index in [0.717, 1.165) is 21.2 Å². The quantitative estimate of drug-likeness (QED) is 0.478. The molecule has 2 N–H and O–H groups in total. The third kappa shape index (κ3) is 5.15. The average molecular weight is 482 g/mol. The second-order valence-electron chi connectivity index (χ2n) is 7.58. The average Bonchev–Trinajstić information content (AvgIpc) is 3.09. The van der Waals surface area contributed by atoms with Crippen LogP contribution in [0.5, 0.6) is 11.5 Å². The molecule has 0 radical (unpaired) electrons. The number of nitrogens with one attached hydrogen (secondary N) is 1. The van der Waals surface area contributed by atoms with E-state index in [2.05, 4.69) is 33.4 Å². The molecule has 0 bridgehead atoms. The van der Waals surface area contributed by atoms with Gasteiger partial charge in [-0.25, -0.2) is 0 Å². The highest BCUT2D eigenvalue weighted by Gasteiger charge is 2.30. The first-order chi connectivity index (χ1) is 15.0. The summed E-state index contributed by atoms with van der Waals surface area (Å²) in [5.41, 5.74) is 4.11. The summed E-state index contributed by atoms with van der Waals surface area (Å²) in [5, 5.41) is 14.0. The number of benzene rings is 3. The SMILES string of the molecule is COC(=O)Cc1cccc(Oc2ccc(Br)cc2CN[C@H]2c3ccccc3C[C@H]2O)c1. The van der Waals surface area contributed by atoms with Gasteiger partial charge in [-0.3, -0.25) is 4.79 Å². The third-order valence-corrected chi connectivity index (χ3v) is 5.93. The first-order valence-corrected chi connectivity index (χ1v) is 10.9. The van der Waals surface area contributed by atoms with Crippen LogP contribution in [0.3, 0.4) is 0 Å². The largest absolute Gasteiger partial charge is 0.469 e. The van der Waals surface area contributed by atoms with Gasteiger partial charge in [0.1, 0.15) is 11.5 Å². The monoisotopic (exact) mass is 481 g/mol. The molecule has 3 aromatic carbocycles. The molecule has 1 aliphatic carbocycles. The molecule has 0 amide bonds. The van der Waals surface area contributed by atoms with Crippen LogP contribution in [0.4, 0.5) is 0 Å². The van der Waals surface area contributed by atoms with Crippen LogP contribution < -0.4 is 10.1 Å². The van der Waals surface area contributed by atoms with E-state index in [1.807, 2.05) is 54.6 Å². The summed E-state index contributed by atoms with van der Waals surface area (Å²) in [6, 6.07) is 21.3. The topological polar surface area (TPSA) is 67.8 Å². The molecule has 0 spiro atoms. The minimum atomic E-state index is -0.455.